The summed E-state index contributed by atoms with van der Waals surface area (Å²) in [6.45, 7) is 2.15. The maximum atomic E-state index is 4.50. The summed E-state index contributed by atoms with van der Waals surface area (Å²) >= 11 is 0. The molecule has 16 heavy (non-hydrogen) atoms. The third-order valence-electron chi connectivity index (χ3n) is 2.94. The van der Waals surface area contributed by atoms with Crippen molar-refractivity contribution in [3.8, 4) is 0 Å². The van der Waals surface area contributed by atoms with Gasteiger partial charge in [0.15, 0.2) is 0 Å². The second kappa shape index (κ2) is 3.59. The van der Waals surface area contributed by atoms with Crippen molar-refractivity contribution in [3.05, 3.63) is 41.7 Å². The number of fused-ring (bicyclic) bond motifs is 3. The molecule has 1 aromatic rings. The fourth-order valence-corrected chi connectivity index (χ4v) is 2.16. The molecule has 0 aromatic heterocycles. The largest absolute Gasteiger partial charge is 0.315 e. The summed E-state index contributed by atoms with van der Waals surface area (Å²) in [7, 11) is 0. The van der Waals surface area contributed by atoms with Gasteiger partial charge in [-0.3, -0.25) is 9.98 Å². The van der Waals surface area contributed by atoms with Gasteiger partial charge in [0, 0.05) is 18.0 Å². The van der Waals surface area contributed by atoms with Gasteiger partial charge in [0.25, 0.3) is 0 Å². The maximum Gasteiger partial charge on any atom is 0.125 e. The van der Waals surface area contributed by atoms with Crippen molar-refractivity contribution < 1.29 is 0 Å². The van der Waals surface area contributed by atoms with Crippen LogP contribution in [0, 0.1) is 0 Å². The third kappa shape index (κ3) is 1.28. The van der Waals surface area contributed by atoms with Crippen molar-refractivity contribution in [2.75, 3.05) is 4.90 Å². The molecule has 2 aliphatic heterocycles. The minimum Gasteiger partial charge on any atom is -0.315 e. The summed E-state index contributed by atoms with van der Waals surface area (Å²) in [4.78, 5) is 11.1. The summed E-state index contributed by atoms with van der Waals surface area (Å²) in [5.74, 6) is 0. The number of benzene rings is 1. The Hall–Kier alpha value is -1.90. The first-order chi connectivity index (χ1) is 7.90. The van der Waals surface area contributed by atoms with E-state index in [2.05, 4.69) is 40.0 Å². The highest BCUT2D eigenvalue weighted by Gasteiger charge is 2.26. The number of hydrogen-bond acceptors (Lipinski definition) is 3. The van der Waals surface area contributed by atoms with Gasteiger partial charge in [0.2, 0.25) is 0 Å². The molecule has 3 rings (SSSR count). The Morgan fingerprint density at radius 3 is 3.00 bits per heavy atom. The minimum absolute atomic E-state index is 0.217. The first-order valence-electron chi connectivity index (χ1n) is 5.55. The normalized spacial score (nSPS) is 21.4. The Balaban J connectivity index is 2.15. The van der Waals surface area contributed by atoms with Gasteiger partial charge in [0.1, 0.15) is 6.17 Å². The molecule has 2 aliphatic rings. The van der Waals surface area contributed by atoms with Gasteiger partial charge in [-0.1, -0.05) is 25.1 Å². The molecule has 0 aliphatic carbocycles. The number of rotatable bonds is 1. The molecule has 80 valence electrons. The molecular formula is C13H13N3. The molecule has 3 nitrogen and oxygen atoms in total. The Morgan fingerprint density at radius 1 is 1.25 bits per heavy atom. The fourth-order valence-electron chi connectivity index (χ4n) is 2.16. The van der Waals surface area contributed by atoms with Crippen molar-refractivity contribution in [2.24, 2.45) is 9.98 Å². The molecule has 2 heterocycles. The van der Waals surface area contributed by atoms with Gasteiger partial charge in [-0.25, -0.2) is 0 Å². The zero-order chi connectivity index (χ0) is 11.0. The van der Waals surface area contributed by atoms with E-state index in [4.69, 9.17) is 0 Å². The van der Waals surface area contributed by atoms with E-state index in [1.54, 1.807) is 0 Å². The number of aliphatic imine (C=N–C) groups is 2. The predicted octanol–water partition coefficient (Wildman–Crippen LogP) is 2.59. The number of nitrogens with zero attached hydrogens (tertiary/aromatic N) is 3. The van der Waals surface area contributed by atoms with E-state index in [0.717, 1.165) is 17.7 Å². The Morgan fingerprint density at radius 2 is 2.12 bits per heavy atom. The van der Waals surface area contributed by atoms with Crippen LogP contribution in [-0.4, -0.2) is 18.6 Å². The Labute approximate surface area is 94.8 Å². The summed E-state index contributed by atoms with van der Waals surface area (Å²) in [6.07, 6.45) is 6.91. The lowest BCUT2D eigenvalue weighted by molar-refractivity contribution is 0.673. The van der Waals surface area contributed by atoms with Crippen LogP contribution in [0.15, 0.2) is 46.1 Å². The predicted molar refractivity (Wildman–Crippen MR) is 67.2 cm³/mol. The van der Waals surface area contributed by atoms with Gasteiger partial charge in [-0.05, 0) is 12.5 Å². The molecular weight excluding hydrogens is 198 g/mol. The van der Waals surface area contributed by atoms with Crippen LogP contribution in [0.25, 0.3) is 0 Å². The van der Waals surface area contributed by atoms with Crippen LogP contribution in [0.1, 0.15) is 18.9 Å². The van der Waals surface area contributed by atoms with Crippen molar-refractivity contribution in [3.63, 3.8) is 0 Å². The van der Waals surface area contributed by atoms with E-state index in [-0.39, 0.29) is 6.17 Å². The average molecular weight is 211 g/mol. The van der Waals surface area contributed by atoms with E-state index in [1.807, 2.05) is 24.7 Å². The topological polar surface area (TPSA) is 28.0 Å². The molecule has 1 atom stereocenters. The highest BCUT2D eigenvalue weighted by atomic mass is 15.3. The van der Waals surface area contributed by atoms with Gasteiger partial charge in [-0.15, -0.1) is 0 Å². The smallest absolute Gasteiger partial charge is 0.125 e. The molecule has 0 spiro atoms. The van der Waals surface area contributed by atoms with Crippen LogP contribution in [0.3, 0.4) is 0 Å². The summed E-state index contributed by atoms with van der Waals surface area (Å²) < 4.78 is 0. The van der Waals surface area contributed by atoms with Crippen molar-refractivity contribution >= 4 is 18.1 Å². The summed E-state index contributed by atoms with van der Waals surface area (Å²) in [5.41, 5.74) is 3.42. The van der Waals surface area contributed by atoms with Gasteiger partial charge in [0.05, 0.1) is 17.6 Å². The number of allylic oxidation sites excluding steroid dienone is 1. The van der Waals surface area contributed by atoms with Crippen LogP contribution in [0.4, 0.5) is 5.69 Å². The quantitative estimate of drug-likeness (QED) is 0.701. The number of anilines is 1. The van der Waals surface area contributed by atoms with E-state index < -0.39 is 0 Å². The number of para-hydroxylation sites is 1. The first-order valence-corrected chi connectivity index (χ1v) is 5.55. The van der Waals surface area contributed by atoms with Crippen LogP contribution in [0.2, 0.25) is 0 Å². The van der Waals surface area contributed by atoms with E-state index in [9.17, 15) is 0 Å². The summed E-state index contributed by atoms with van der Waals surface area (Å²) in [6, 6.07) is 8.30. The first kappa shape index (κ1) is 9.33. The lowest BCUT2D eigenvalue weighted by atomic mass is 10.1. The van der Waals surface area contributed by atoms with Gasteiger partial charge >= 0.3 is 0 Å². The van der Waals surface area contributed by atoms with E-state index in [0.29, 0.717) is 0 Å². The monoisotopic (exact) mass is 211 g/mol. The van der Waals surface area contributed by atoms with Gasteiger partial charge < -0.3 is 4.90 Å². The minimum atomic E-state index is 0.217. The molecule has 3 heteroatoms. The highest BCUT2D eigenvalue weighted by molar-refractivity contribution is 5.96. The lowest BCUT2D eigenvalue weighted by Gasteiger charge is -2.25. The van der Waals surface area contributed by atoms with Gasteiger partial charge in [-0.2, -0.15) is 0 Å². The molecule has 1 aromatic carbocycles. The summed E-state index contributed by atoms with van der Waals surface area (Å²) in [5, 5.41) is 0. The SMILES string of the molecule is CCC1N=CC2=CN=Cc3ccccc3N21. The molecule has 0 N–H and O–H groups in total. The van der Waals surface area contributed by atoms with Crippen LogP contribution in [-0.2, 0) is 0 Å². The van der Waals surface area contributed by atoms with Crippen molar-refractivity contribution in [1.29, 1.82) is 0 Å². The molecule has 0 bridgehead atoms. The van der Waals surface area contributed by atoms with Crippen LogP contribution < -0.4 is 4.90 Å². The highest BCUT2D eigenvalue weighted by Crippen LogP contribution is 2.31. The lowest BCUT2D eigenvalue weighted by Crippen LogP contribution is -2.28. The van der Waals surface area contributed by atoms with E-state index in [1.165, 1.54) is 5.69 Å². The fraction of sp³-hybridized carbons (Fsp3) is 0.231. The molecule has 0 saturated carbocycles. The molecule has 0 amide bonds. The second-order valence-electron chi connectivity index (χ2n) is 3.93. The molecule has 0 radical (unpaired) electrons. The van der Waals surface area contributed by atoms with Crippen molar-refractivity contribution in [2.45, 2.75) is 19.5 Å². The third-order valence-corrected chi connectivity index (χ3v) is 2.94. The standard InChI is InChI=1S/C13H13N3/c1-2-13-15-9-11-8-14-7-10-5-3-4-6-12(10)16(11)13/h3-9,13H,2H2,1H3. The Bertz CT molecular complexity index is 500. The van der Waals surface area contributed by atoms with E-state index >= 15 is 0 Å². The molecule has 0 saturated heterocycles. The average Bonchev–Trinajstić information content (AvgIpc) is 2.64. The zero-order valence-corrected chi connectivity index (χ0v) is 9.17. The van der Waals surface area contributed by atoms with Crippen molar-refractivity contribution in [1.82, 2.24) is 0 Å². The zero-order valence-electron chi connectivity index (χ0n) is 9.17. The van der Waals surface area contributed by atoms with Crippen LogP contribution in [0.5, 0.6) is 0 Å². The van der Waals surface area contributed by atoms with Crippen LogP contribution >= 0.6 is 0 Å². The molecule has 0 fully saturated rings. The molecule has 1 unspecified atom stereocenters. The number of hydrogen-bond donors (Lipinski definition) is 0. The maximum absolute atomic E-state index is 4.50. The second-order valence-corrected chi connectivity index (χ2v) is 3.93. The Kier molecular flexibility index (Phi) is 2.10.